The van der Waals surface area contributed by atoms with Gasteiger partial charge in [-0.25, -0.2) is 19.9 Å². The van der Waals surface area contributed by atoms with Crippen LogP contribution in [0.4, 0.5) is 0 Å². The van der Waals surface area contributed by atoms with Gasteiger partial charge in [0.2, 0.25) is 0 Å². The predicted octanol–water partition coefficient (Wildman–Crippen LogP) is 12.3. The van der Waals surface area contributed by atoms with Gasteiger partial charge < -0.3 is 0 Å². The average Bonchev–Trinajstić information content (AvgIpc) is 3.89. The molecular formula is C46H26N6S2. The Balaban J connectivity index is 1.00. The van der Waals surface area contributed by atoms with Crippen molar-refractivity contribution in [3.05, 3.63) is 158 Å². The van der Waals surface area contributed by atoms with Crippen molar-refractivity contribution in [2.75, 3.05) is 0 Å². The van der Waals surface area contributed by atoms with E-state index in [0.717, 1.165) is 66.2 Å². The molecule has 0 fully saturated rings. The lowest BCUT2D eigenvalue weighted by Crippen LogP contribution is -2.00. The quantitative estimate of drug-likeness (QED) is 0.164. The smallest absolute Gasteiger partial charge is 0.164 e. The number of para-hydroxylation sites is 1. The Morgan fingerprint density at radius 2 is 0.981 bits per heavy atom. The van der Waals surface area contributed by atoms with Crippen LogP contribution in [0.5, 0.6) is 0 Å². The van der Waals surface area contributed by atoms with Gasteiger partial charge >= 0.3 is 0 Å². The van der Waals surface area contributed by atoms with Gasteiger partial charge in [-0.1, -0.05) is 133 Å². The number of hydrogen-bond acceptors (Lipinski definition) is 8. The van der Waals surface area contributed by atoms with Crippen LogP contribution in [0.1, 0.15) is 0 Å². The SMILES string of the molecule is c1ccc(-c2nc(-c3ccc(-c4nc5ccccc5c5c4ccc4nsnc45)cc3)nc(-c3ccc(-c4cccc5c4sc4ccccc45)cc3)n2)cc1. The molecule has 0 saturated heterocycles. The maximum absolute atomic E-state index is 5.15. The minimum Gasteiger partial charge on any atom is -0.247 e. The van der Waals surface area contributed by atoms with Gasteiger partial charge in [-0.2, -0.15) is 8.75 Å². The van der Waals surface area contributed by atoms with E-state index in [-0.39, 0.29) is 0 Å². The molecule has 54 heavy (non-hydrogen) atoms. The molecule has 4 aromatic heterocycles. The van der Waals surface area contributed by atoms with Gasteiger partial charge in [0.15, 0.2) is 17.5 Å². The number of fused-ring (bicyclic) bond motifs is 8. The van der Waals surface area contributed by atoms with Crippen LogP contribution in [0.25, 0.3) is 109 Å². The summed E-state index contributed by atoms with van der Waals surface area (Å²) in [6.07, 6.45) is 0. The van der Waals surface area contributed by atoms with Crippen molar-refractivity contribution in [2.24, 2.45) is 0 Å². The summed E-state index contributed by atoms with van der Waals surface area (Å²) in [5, 5.41) is 5.78. The highest BCUT2D eigenvalue weighted by molar-refractivity contribution is 7.26. The molecule has 0 radical (unpaired) electrons. The van der Waals surface area contributed by atoms with Gasteiger partial charge in [-0.05, 0) is 35.4 Å². The molecule has 0 aliphatic heterocycles. The highest BCUT2D eigenvalue weighted by atomic mass is 32.1. The molecule has 0 amide bonds. The van der Waals surface area contributed by atoms with Gasteiger partial charge in [0.1, 0.15) is 11.0 Å². The minimum absolute atomic E-state index is 0.608. The summed E-state index contributed by atoms with van der Waals surface area (Å²) < 4.78 is 11.8. The molecule has 0 atom stereocenters. The number of rotatable bonds is 5. The molecule has 0 saturated carbocycles. The summed E-state index contributed by atoms with van der Waals surface area (Å²) in [5.74, 6) is 1.86. The molecule has 8 heteroatoms. The molecule has 11 aromatic rings. The Bertz CT molecular complexity index is 3210. The van der Waals surface area contributed by atoms with E-state index in [1.165, 1.54) is 37.5 Å². The third-order valence-corrected chi connectivity index (χ3v) is 11.8. The van der Waals surface area contributed by atoms with Crippen molar-refractivity contribution in [3.8, 4) is 56.5 Å². The molecule has 7 aromatic carbocycles. The van der Waals surface area contributed by atoms with Crippen molar-refractivity contribution in [1.82, 2.24) is 28.7 Å². The predicted molar refractivity (Wildman–Crippen MR) is 224 cm³/mol. The molecule has 0 aliphatic rings. The van der Waals surface area contributed by atoms with E-state index in [1.807, 2.05) is 59.9 Å². The summed E-state index contributed by atoms with van der Waals surface area (Å²) >= 11 is 3.08. The summed E-state index contributed by atoms with van der Waals surface area (Å²) in [5.41, 5.74) is 9.76. The van der Waals surface area contributed by atoms with Crippen molar-refractivity contribution >= 4 is 75.9 Å². The van der Waals surface area contributed by atoms with E-state index in [2.05, 4.69) is 118 Å². The maximum atomic E-state index is 5.15. The van der Waals surface area contributed by atoms with Gasteiger partial charge in [0, 0.05) is 58.6 Å². The highest BCUT2D eigenvalue weighted by Crippen LogP contribution is 2.41. The van der Waals surface area contributed by atoms with Crippen LogP contribution >= 0.6 is 23.1 Å². The van der Waals surface area contributed by atoms with Gasteiger partial charge in [0.25, 0.3) is 0 Å². The highest BCUT2D eigenvalue weighted by Gasteiger charge is 2.17. The molecule has 0 aliphatic carbocycles. The average molecular weight is 727 g/mol. The summed E-state index contributed by atoms with van der Waals surface area (Å²) in [6.45, 7) is 0. The maximum Gasteiger partial charge on any atom is 0.164 e. The molecule has 11 rings (SSSR count). The van der Waals surface area contributed by atoms with E-state index in [0.29, 0.717) is 17.5 Å². The monoisotopic (exact) mass is 726 g/mol. The minimum atomic E-state index is 0.608. The fourth-order valence-corrected chi connectivity index (χ4v) is 9.19. The first-order valence-electron chi connectivity index (χ1n) is 17.6. The third-order valence-electron chi connectivity index (χ3n) is 10.0. The van der Waals surface area contributed by atoms with Crippen molar-refractivity contribution in [2.45, 2.75) is 0 Å². The van der Waals surface area contributed by atoms with Gasteiger partial charge in [-0.3, -0.25) is 0 Å². The zero-order valence-electron chi connectivity index (χ0n) is 28.5. The fraction of sp³-hybridized carbons (Fsp3) is 0. The normalized spacial score (nSPS) is 11.7. The Hall–Kier alpha value is -6.74. The molecule has 6 nitrogen and oxygen atoms in total. The number of thiophene rings is 1. The van der Waals surface area contributed by atoms with Crippen LogP contribution < -0.4 is 0 Å². The van der Waals surface area contributed by atoms with E-state index in [9.17, 15) is 0 Å². The summed E-state index contributed by atoms with van der Waals surface area (Å²) in [7, 11) is 0. The lowest BCUT2D eigenvalue weighted by molar-refractivity contribution is 1.07. The number of nitrogens with zero attached hydrogens (tertiary/aromatic N) is 6. The van der Waals surface area contributed by atoms with Gasteiger partial charge in [-0.15, -0.1) is 11.3 Å². The Kier molecular flexibility index (Phi) is 7.11. The first-order valence-corrected chi connectivity index (χ1v) is 19.2. The van der Waals surface area contributed by atoms with Crippen LogP contribution in [-0.4, -0.2) is 28.7 Å². The Morgan fingerprint density at radius 1 is 0.370 bits per heavy atom. The largest absolute Gasteiger partial charge is 0.247 e. The van der Waals surface area contributed by atoms with E-state index >= 15 is 0 Å². The third kappa shape index (κ3) is 5.07. The molecule has 0 spiro atoms. The van der Waals surface area contributed by atoms with Crippen LogP contribution in [0.2, 0.25) is 0 Å². The number of hydrogen-bond donors (Lipinski definition) is 0. The van der Waals surface area contributed by atoms with Crippen LogP contribution in [0, 0.1) is 0 Å². The van der Waals surface area contributed by atoms with Crippen molar-refractivity contribution < 1.29 is 0 Å². The second-order valence-electron chi connectivity index (χ2n) is 13.2. The standard InChI is InChI=1S/C46H26N6S2/c1-2-9-29(10-3-1)44-48-45(30-21-17-27(18-22-30)32-13-8-14-34-33-11-5-7-16-39(33)53-43(32)34)50-46(49-44)31-23-19-28(20-24-31)41-36-25-26-38-42(52-54-51-38)40(36)35-12-4-6-15-37(35)47-41/h1-26H. The number of aromatic nitrogens is 6. The van der Waals surface area contributed by atoms with Crippen LogP contribution in [-0.2, 0) is 0 Å². The number of pyridine rings is 1. The Labute approximate surface area is 317 Å². The molecule has 0 unspecified atom stereocenters. The summed E-state index contributed by atoms with van der Waals surface area (Å²) in [6, 6.07) is 54.6. The lowest BCUT2D eigenvalue weighted by atomic mass is 9.98. The second kappa shape index (κ2) is 12.4. The van der Waals surface area contributed by atoms with Crippen LogP contribution in [0.15, 0.2) is 158 Å². The van der Waals surface area contributed by atoms with Crippen LogP contribution in [0.3, 0.4) is 0 Å². The van der Waals surface area contributed by atoms with Crippen molar-refractivity contribution in [1.29, 1.82) is 0 Å². The molecule has 0 bridgehead atoms. The van der Waals surface area contributed by atoms with Gasteiger partial charge in [0.05, 0.1) is 22.9 Å². The topological polar surface area (TPSA) is 77.3 Å². The number of benzene rings is 7. The van der Waals surface area contributed by atoms with E-state index in [4.69, 9.17) is 19.9 Å². The zero-order valence-corrected chi connectivity index (χ0v) is 30.1. The molecule has 252 valence electrons. The summed E-state index contributed by atoms with van der Waals surface area (Å²) in [4.78, 5) is 20.2. The lowest BCUT2D eigenvalue weighted by Gasteiger charge is -2.12. The van der Waals surface area contributed by atoms with E-state index < -0.39 is 0 Å². The molecule has 0 N–H and O–H groups in total. The molecular weight excluding hydrogens is 701 g/mol. The van der Waals surface area contributed by atoms with E-state index in [1.54, 1.807) is 0 Å². The fourth-order valence-electron chi connectivity index (χ4n) is 7.41. The zero-order chi connectivity index (χ0) is 35.6. The second-order valence-corrected chi connectivity index (χ2v) is 14.8. The Morgan fingerprint density at radius 3 is 1.74 bits per heavy atom. The first kappa shape index (κ1) is 30.8. The first-order chi connectivity index (χ1) is 26.7. The van der Waals surface area contributed by atoms with Crippen molar-refractivity contribution in [3.63, 3.8) is 0 Å². The molecule has 4 heterocycles.